The number of nitrogen functional groups attached to an aromatic ring is 1. The maximum atomic E-state index is 11.3. The molecule has 5 heteroatoms. The molecule has 0 saturated heterocycles. The second-order valence-corrected chi connectivity index (χ2v) is 2.68. The number of esters is 1. The number of anilines is 1. The molecule has 0 atom stereocenters. The van der Waals surface area contributed by atoms with Crippen molar-refractivity contribution in [2.75, 3.05) is 12.3 Å². The van der Waals surface area contributed by atoms with Crippen LogP contribution in [0.5, 0.6) is 0 Å². The molecule has 5 nitrogen and oxygen atoms in total. The number of nitriles is 1. The summed E-state index contributed by atoms with van der Waals surface area (Å²) >= 11 is 0. The molecule has 14 heavy (non-hydrogen) atoms. The highest BCUT2D eigenvalue weighted by atomic mass is 16.5. The van der Waals surface area contributed by atoms with E-state index in [4.69, 9.17) is 11.0 Å². The normalized spacial score (nSPS) is 9.43. The molecule has 1 aromatic rings. The molecule has 0 aromatic carbocycles. The second kappa shape index (κ2) is 4.33. The van der Waals surface area contributed by atoms with E-state index < -0.39 is 5.97 Å². The van der Waals surface area contributed by atoms with Gasteiger partial charge in [-0.25, -0.2) is 4.79 Å². The third-order valence-electron chi connectivity index (χ3n) is 1.74. The molecule has 0 radical (unpaired) electrons. The van der Waals surface area contributed by atoms with Gasteiger partial charge in [-0.2, -0.15) is 5.26 Å². The zero-order chi connectivity index (χ0) is 10.6. The predicted molar refractivity (Wildman–Crippen MR) is 50.4 cm³/mol. The first-order chi connectivity index (χ1) is 6.69. The van der Waals surface area contributed by atoms with Gasteiger partial charge in [0.1, 0.15) is 11.8 Å². The molecule has 1 aromatic heterocycles. The Kier molecular flexibility index (Phi) is 3.13. The lowest BCUT2D eigenvalue weighted by molar-refractivity contribution is 0.0543. The number of aromatic nitrogens is 1. The Morgan fingerprint density at radius 1 is 1.79 bits per heavy atom. The van der Waals surface area contributed by atoms with E-state index in [1.165, 1.54) is 6.07 Å². The average molecular weight is 193 g/mol. The summed E-state index contributed by atoms with van der Waals surface area (Å²) in [7, 11) is 0. The summed E-state index contributed by atoms with van der Waals surface area (Å²) in [5.41, 5.74) is 6.41. The van der Waals surface area contributed by atoms with Gasteiger partial charge < -0.3 is 15.0 Å². The number of hydrogen-bond donors (Lipinski definition) is 1. The third-order valence-corrected chi connectivity index (χ3v) is 1.74. The van der Waals surface area contributed by atoms with Crippen molar-refractivity contribution < 1.29 is 9.53 Å². The van der Waals surface area contributed by atoms with Crippen LogP contribution in [0.2, 0.25) is 0 Å². The van der Waals surface area contributed by atoms with E-state index in [1.54, 1.807) is 16.8 Å². The Labute approximate surface area is 81.7 Å². The van der Waals surface area contributed by atoms with Crippen molar-refractivity contribution in [1.82, 2.24) is 4.57 Å². The molecule has 0 aliphatic rings. The molecule has 1 heterocycles. The van der Waals surface area contributed by atoms with Crippen molar-refractivity contribution in [3.8, 4) is 6.07 Å². The molecule has 2 N–H and O–H groups in total. The van der Waals surface area contributed by atoms with Crippen LogP contribution < -0.4 is 5.73 Å². The number of ether oxygens (including phenoxy) is 1. The molecule has 1 rings (SSSR count). The quantitative estimate of drug-likeness (QED) is 0.719. The summed E-state index contributed by atoms with van der Waals surface area (Å²) < 4.78 is 6.33. The van der Waals surface area contributed by atoms with E-state index in [9.17, 15) is 4.79 Å². The van der Waals surface area contributed by atoms with E-state index in [2.05, 4.69) is 4.74 Å². The van der Waals surface area contributed by atoms with Crippen molar-refractivity contribution in [3.05, 3.63) is 18.0 Å². The number of carbonyl (C=O) groups is 1. The molecular weight excluding hydrogens is 182 g/mol. The lowest BCUT2D eigenvalue weighted by Gasteiger charge is -2.03. The fourth-order valence-electron chi connectivity index (χ4n) is 1.14. The van der Waals surface area contributed by atoms with Gasteiger partial charge in [0, 0.05) is 12.7 Å². The minimum atomic E-state index is -0.523. The lowest BCUT2D eigenvalue weighted by atomic mass is 10.4. The van der Waals surface area contributed by atoms with Crippen molar-refractivity contribution in [1.29, 1.82) is 5.26 Å². The van der Waals surface area contributed by atoms with E-state index in [1.807, 2.05) is 6.92 Å². The molecular formula is C9H11N3O2. The van der Waals surface area contributed by atoms with Crippen LogP contribution >= 0.6 is 0 Å². The summed E-state index contributed by atoms with van der Waals surface area (Å²) in [4.78, 5) is 11.3. The van der Waals surface area contributed by atoms with Crippen molar-refractivity contribution in [2.24, 2.45) is 0 Å². The van der Waals surface area contributed by atoms with E-state index in [0.29, 0.717) is 17.9 Å². The maximum absolute atomic E-state index is 11.3. The molecule has 0 spiro atoms. The van der Waals surface area contributed by atoms with Gasteiger partial charge in [-0.1, -0.05) is 0 Å². The van der Waals surface area contributed by atoms with Crippen LogP contribution in [-0.4, -0.2) is 17.1 Å². The lowest BCUT2D eigenvalue weighted by Crippen LogP contribution is -2.11. The molecule has 0 aliphatic carbocycles. The van der Waals surface area contributed by atoms with Crippen LogP contribution in [0.1, 0.15) is 17.4 Å². The summed E-state index contributed by atoms with van der Waals surface area (Å²) in [5, 5.41) is 8.24. The highest BCUT2D eigenvalue weighted by molar-refractivity contribution is 5.89. The Bertz CT molecular complexity index is 376. The Morgan fingerprint density at radius 2 is 2.50 bits per heavy atom. The van der Waals surface area contributed by atoms with Crippen LogP contribution in [-0.2, 0) is 11.3 Å². The number of carbonyl (C=O) groups excluding carboxylic acids is 1. The Hall–Kier alpha value is -1.96. The maximum Gasteiger partial charge on any atom is 0.356 e. The van der Waals surface area contributed by atoms with Gasteiger partial charge in [-0.05, 0) is 13.0 Å². The summed E-state index contributed by atoms with van der Waals surface area (Å²) in [6.07, 6.45) is 1.66. The zero-order valence-electron chi connectivity index (χ0n) is 7.86. The fraction of sp³-hybridized carbons (Fsp3) is 0.333. The van der Waals surface area contributed by atoms with Crippen LogP contribution in [0.25, 0.3) is 0 Å². The first-order valence-electron chi connectivity index (χ1n) is 4.18. The van der Waals surface area contributed by atoms with E-state index in [-0.39, 0.29) is 6.61 Å². The number of rotatable bonds is 3. The average Bonchev–Trinajstić information content (AvgIpc) is 2.56. The summed E-state index contributed by atoms with van der Waals surface area (Å²) in [5.74, 6) is -0.523. The first kappa shape index (κ1) is 10.1. The number of nitrogens with two attached hydrogens (primary N) is 1. The largest absolute Gasteiger partial charge is 0.446 e. The number of nitrogens with zero attached hydrogens (tertiary/aromatic N) is 2. The minimum absolute atomic E-state index is 0.242. The molecule has 74 valence electrons. The van der Waals surface area contributed by atoms with Gasteiger partial charge in [0.05, 0.1) is 5.69 Å². The Morgan fingerprint density at radius 3 is 3.07 bits per heavy atom. The van der Waals surface area contributed by atoms with Crippen molar-refractivity contribution >= 4 is 11.7 Å². The summed E-state index contributed by atoms with van der Waals surface area (Å²) in [6, 6.07) is 3.26. The van der Waals surface area contributed by atoms with Crippen molar-refractivity contribution in [3.63, 3.8) is 0 Å². The molecule has 0 fully saturated rings. The van der Waals surface area contributed by atoms with Crippen LogP contribution in [0.3, 0.4) is 0 Å². The number of hydrogen-bond acceptors (Lipinski definition) is 4. The van der Waals surface area contributed by atoms with Gasteiger partial charge in [0.25, 0.3) is 0 Å². The smallest absolute Gasteiger partial charge is 0.356 e. The third kappa shape index (κ3) is 2.04. The predicted octanol–water partition coefficient (Wildman–Crippen LogP) is 0.771. The standard InChI is InChI=1S/C9H11N3O2/c1-2-12-6-7(11)5-8(12)9(13)14-4-3-10/h5-6H,2,4,11H2,1H3. The van der Waals surface area contributed by atoms with Crippen LogP contribution in [0.4, 0.5) is 5.69 Å². The van der Waals surface area contributed by atoms with Gasteiger partial charge in [0.15, 0.2) is 6.61 Å². The highest BCUT2D eigenvalue weighted by Gasteiger charge is 2.12. The molecule has 0 aliphatic heterocycles. The topological polar surface area (TPSA) is 81.0 Å². The molecule has 0 unspecified atom stereocenters. The Balaban J connectivity index is 2.84. The van der Waals surface area contributed by atoms with E-state index in [0.717, 1.165) is 0 Å². The fourth-order valence-corrected chi connectivity index (χ4v) is 1.14. The van der Waals surface area contributed by atoms with Gasteiger partial charge in [-0.15, -0.1) is 0 Å². The summed E-state index contributed by atoms with van der Waals surface area (Å²) in [6.45, 7) is 2.28. The van der Waals surface area contributed by atoms with Gasteiger partial charge in [-0.3, -0.25) is 0 Å². The van der Waals surface area contributed by atoms with Crippen LogP contribution in [0.15, 0.2) is 12.3 Å². The van der Waals surface area contributed by atoms with Crippen molar-refractivity contribution in [2.45, 2.75) is 13.5 Å². The van der Waals surface area contributed by atoms with Crippen LogP contribution in [0, 0.1) is 11.3 Å². The highest BCUT2D eigenvalue weighted by Crippen LogP contribution is 2.11. The molecule has 0 bridgehead atoms. The zero-order valence-corrected chi connectivity index (χ0v) is 7.86. The first-order valence-corrected chi connectivity index (χ1v) is 4.18. The van der Waals surface area contributed by atoms with Gasteiger partial charge in [0.2, 0.25) is 0 Å². The minimum Gasteiger partial charge on any atom is -0.446 e. The molecule has 0 amide bonds. The molecule has 0 saturated carbocycles. The monoisotopic (exact) mass is 193 g/mol. The van der Waals surface area contributed by atoms with Gasteiger partial charge >= 0.3 is 5.97 Å². The van der Waals surface area contributed by atoms with E-state index >= 15 is 0 Å². The second-order valence-electron chi connectivity index (χ2n) is 2.68. The SMILES string of the molecule is CCn1cc(N)cc1C(=O)OCC#N. The number of aryl methyl sites for hydroxylation is 1.